The minimum absolute atomic E-state index is 0.291. The Balaban J connectivity index is 0.000000225. The quantitative estimate of drug-likeness (QED) is 0.484. The van der Waals surface area contributed by atoms with Gasteiger partial charge in [0.2, 0.25) is 0 Å². The standard InChI is InChI=1S/C9H13NOS.C4H6O6/c1-10-6-8-9-7(2-4-11-8)3-5-12-9;5-1(3(7)8)2(6)4(9)10/h3,5,8,10H,2,4,6H2,1H3;1-2,5-6H,(H,7,8)(H,9,10)/t8-;1-,2-/m01/s1. The number of nitrogens with one attached hydrogen (secondary N) is 1. The van der Waals surface area contributed by atoms with Crippen LogP contribution in [-0.2, 0) is 20.7 Å². The maximum Gasteiger partial charge on any atom is 0.335 e. The monoisotopic (exact) mass is 333 g/mol. The predicted octanol–water partition coefficient (Wildman–Crippen LogP) is -0.541. The number of aliphatic hydroxyl groups is 2. The van der Waals surface area contributed by atoms with Gasteiger partial charge >= 0.3 is 11.9 Å². The third-order valence-electron chi connectivity index (χ3n) is 2.96. The second-order valence-corrected chi connectivity index (χ2v) is 5.49. The largest absolute Gasteiger partial charge is 0.479 e. The summed E-state index contributed by atoms with van der Waals surface area (Å²) in [4.78, 5) is 21.0. The molecule has 3 atom stereocenters. The van der Waals surface area contributed by atoms with E-state index < -0.39 is 24.1 Å². The van der Waals surface area contributed by atoms with Crippen molar-refractivity contribution in [2.45, 2.75) is 24.7 Å². The highest BCUT2D eigenvalue weighted by Gasteiger charge is 2.29. The average Bonchev–Trinajstić information content (AvgIpc) is 2.96. The number of carboxylic acids is 2. The average molecular weight is 333 g/mol. The van der Waals surface area contributed by atoms with Crippen LogP contribution < -0.4 is 5.32 Å². The van der Waals surface area contributed by atoms with Gasteiger partial charge in [0.1, 0.15) is 6.10 Å². The van der Waals surface area contributed by atoms with E-state index in [9.17, 15) is 9.59 Å². The van der Waals surface area contributed by atoms with Gasteiger partial charge in [0.05, 0.1) is 6.61 Å². The second kappa shape index (κ2) is 8.81. The first-order valence-electron chi connectivity index (χ1n) is 6.52. The fourth-order valence-corrected chi connectivity index (χ4v) is 2.83. The van der Waals surface area contributed by atoms with Crippen LogP contribution in [0.15, 0.2) is 11.4 Å². The molecule has 124 valence electrons. The first-order chi connectivity index (χ1) is 10.4. The zero-order valence-corrected chi connectivity index (χ0v) is 12.7. The maximum atomic E-state index is 9.77. The summed E-state index contributed by atoms with van der Waals surface area (Å²) in [6.45, 7) is 1.80. The van der Waals surface area contributed by atoms with Crippen LogP contribution >= 0.6 is 11.3 Å². The van der Waals surface area contributed by atoms with E-state index in [-0.39, 0.29) is 0 Å². The Morgan fingerprint density at radius 2 is 1.95 bits per heavy atom. The third-order valence-corrected chi connectivity index (χ3v) is 4.01. The Morgan fingerprint density at radius 3 is 2.45 bits per heavy atom. The van der Waals surface area contributed by atoms with Gasteiger partial charge in [-0.15, -0.1) is 11.3 Å². The highest BCUT2D eigenvalue weighted by atomic mass is 32.1. The van der Waals surface area contributed by atoms with Crippen molar-refractivity contribution in [3.63, 3.8) is 0 Å². The number of fused-ring (bicyclic) bond motifs is 1. The summed E-state index contributed by atoms with van der Waals surface area (Å²) in [5, 5.41) is 37.8. The first-order valence-corrected chi connectivity index (χ1v) is 7.40. The number of hydrogen-bond donors (Lipinski definition) is 5. The highest BCUT2D eigenvalue weighted by Crippen LogP contribution is 2.30. The van der Waals surface area contributed by atoms with Gasteiger partial charge in [-0.1, -0.05) is 0 Å². The Hall–Kier alpha value is -1.52. The fraction of sp³-hybridized carbons (Fsp3) is 0.538. The van der Waals surface area contributed by atoms with Gasteiger partial charge in [0.25, 0.3) is 0 Å². The molecule has 1 aromatic heterocycles. The van der Waals surface area contributed by atoms with Gasteiger partial charge in [-0.25, -0.2) is 9.59 Å². The van der Waals surface area contributed by atoms with Crippen LogP contribution in [0.5, 0.6) is 0 Å². The first kappa shape index (κ1) is 18.5. The molecule has 1 aromatic rings. The molecule has 0 saturated heterocycles. The summed E-state index contributed by atoms with van der Waals surface area (Å²) in [5.74, 6) is -3.54. The number of aliphatic carboxylic acids is 2. The highest BCUT2D eigenvalue weighted by molar-refractivity contribution is 7.10. The molecule has 0 fully saturated rings. The summed E-state index contributed by atoms with van der Waals surface area (Å²) in [5.41, 5.74) is 1.48. The van der Waals surface area contributed by atoms with E-state index in [2.05, 4.69) is 16.8 Å². The Morgan fingerprint density at radius 1 is 1.36 bits per heavy atom. The lowest BCUT2D eigenvalue weighted by Crippen LogP contribution is -2.39. The minimum atomic E-state index is -2.27. The van der Waals surface area contributed by atoms with Crippen LogP contribution in [0.1, 0.15) is 16.5 Å². The molecule has 1 aliphatic heterocycles. The van der Waals surface area contributed by atoms with Crippen molar-refractivity contribution in [1.82, 2.24) is 5.32 Å². The lowest BCUT2D eigenvalue weighted by molar-refractivity contribution is -0.165. The Kier molecular flexibility index (Phi) is 7.42. The molecular formula is C13H19NO7S. The van der Waals surface area contributed by atoms with Crippen molar-refractivity contribution >= 4 is 23.3 Å². The molecule has 2 rings (SSSR count). The molecular weight excluding hydrogens is 314 g/mol. The molecule has 0 saturated carbocycles. The maximum absolute atomic E-state index is 9.77. The Labute approximate surface area is 131 Å². The van der Waals surface area contributed by atoms with Gasteiger partial charge in [-0.3, -0.25) is 0 Å². The van der Waals surface area contributed by atoms with Crippen molar-refractivity contribution in [2.24, 2.45) is 0 Å². The molecule has 0 aromatic carbocycles. The Bertz CT molecular complexity index is 486. The molecule has 8 nitrogen and oxygen atoms in total. The van der Waals surface area contributed by atoms with Gasteiger partial charge in [0, 0.05) is 11.4 Å². The topological polar surface area (TPSA) is 136 Å². The lowest BCUT2D eigenvalue weighted by atomic mass is 10.1. The van der Waals surface area contributed by atoms with Crippen LogP contribution in [0.2, 0.25) is 0 Å². The van der Waals surface area contributed by atoms with E-state index in [1.54, 1.807) is 0 Å². The zero-order valence-electron chi connectivity index (χ0n) is 11.9. The van der Waals surface area contributed by atoms with E-state index in [1.165, 1.54) is 10.4 Å². The number of rotatable bonds is 5. The number of ether oxygens (including phenoxy) is 1. The smallest absolute Gasteiger partial charge is 0.335 e. The van der Waals surface area contributed by atoms with Crippen LogP contribution in [0.3, 0.4) is 0 Å². The summed E-state index contributed by atoms with van der Waals surface area (Å²) < 4.78 is 5.65. The van der Waals surface area contributed by atoms with Gasteiger partial charge in [-0.05, 0) is 30.5 Å². The molecule has 0 spiro atoms. The molecule has 0 amide bonds. The fourth-order valence-electron chi connectivity index (χ4n) is 1.83. The molecule has 22 heavy (non-hydrogen) atoms. The summed E-state index contributed by atoms with van der Waals surface area (Å²) in [6, 6.07) is 2.21. The predicted molar refractivity (Wildman–Crippen MR) is 77.9 cm³/mol. The number of thiophene rings is 1. The molecule has 0 aliphatic carbocycles. The number of hydrogen-bond acceptors (Lipinski definition) is 7. The summed E-state index contributed by atoms with van der Waals surface area (Å²) in [6.07, 6.45) is -3.16. The zero-order chi connectivity index (χ0) is 16.7. The molecule has 0 radical (unpaired) electrons. The van der Waals surface area contributed by atoms with E-state index in [1.807, 2.05) is 18.4 Å². The molecule has 2 heterocycles. The van der Waals surface area contributed by atoms with E-state index in [0.29, 0.717) is 6.10 Å². The normalized spacial score (nSPS) is 19.3. The van der Waals surface area contributed by atoms with E-state index in [0.717, 1.165) is 19.6 Å². The number of aliphatic hydroxyl groups excluding tert-OH is 2. The van der Waals surface area contributed by atoms with Gasteiger partial charge in [0.15, 0.2) is 12.2 Å². The van der Waals surface area contributed by atoms with E-state index in [4.69, 9.17) is 25.2 Å². The van der Waals surface area contributed by atoms with Crippen molar-refractivity contribution in [1.29, 1.82) is 0 Å². The van der Waals surface area contributed by atoms with Crippen LogP contribution in [0.25, 0.3) is 0 Å². The van der Waals surface area contributed by atoms with Crippen LogP contribution in [0.4, 0.5) is 0 Å². The lowest BCUT2D eigenvalue weighted by Gasteiger charge is -2.22. The minimum Gasteiger partial charge on any atom is -0.479 e. The molecule has 1 aliphatic rings. The van der Waals surface area contributed by atoms with Crippen molar-refractivity contribution in [2.75, 3.05) is 20.2 Å². The second-order valence-electron chi connectivity index (χ2n) is 4.54. The number of carbonyl (C=O) groups is 2. The summed E-state index contributed by atoms with van der Waals surface area (Å²) >= 11 is 1.81. The van der Waals surface area contributed by atoms with Crippen molar-refractivity contribution in [3.05, 3.63) is 21.9 Å². The molecule has 5 N–H and O–H groups in total. The molecule has 0 unspecified atom stereocenters. The van der Waals surface area contributed by atoms with Crippen molar-refractivity contribution < 1.29 is 34.8 Å². The number of carboxylic acid groups (broad SMARTS) is 2. The molecule has 9 heteroatoms. The van der Waals surface area contributed by atoms with Crippen LogP contribution in [-0.4, -0.2) is 64.8 Å². The third kappa shape index (κ3) is 5.04. The summed E-state index contributed by atoms with van der Waals surface area (Å²) in [7, 11) is 1.96. The van der Waals surface area contributed by atoms with E-state index >= 15 is 0 Å². The number of likely N-dealkylation sites (N-methyl/N-ethyl adjacent to an activating group) is 1. The SMILES string of the molecule is CNC[C@@H]1OCCc2ccsc21.O=C(O)[C@H](O)[C@@H](O)C(=O)O. The van der Waals surface area contributed by atoms with Crippen molar-refractivity contribution in [3.8, 4) is 0 Å². The molecule has 0 bridgehead atoms. The van der Waals surface area contributed by atoms with Gasteiger partial charge < -0.3 is 30.5 Å². The van der Waals surface area contributed by atoms with Gasteiger partial charge in [-0.2, -0.15) is 0 Å². The van der Waals surface area contributed by atoms with Crippen LogP contribution in [0, 0.1) is 0 Å².